The number of piperazine rings is 1. The quantitative estimate of drug-likeness (QED) is 0.277. The minimum absolute atomic E-state index is 0.196. The number of hydrogen-bond donors (Lipinski definition) is 1. The van der Waals surface area contributed by atoms with Crippen molar-refractivity contribution < 1.29 is 10.0 Å². The van der Waals surface area contributed by atoms with E-state index in [2.05, 4.69) is 31.3 Å². The number of carbonyl (C=O) groups is 1. The Morgan fingerprint density at radius 2 is 2.03 bits per heavy atom. The second kappa shape index (κ2) is 11.1. The third-order valence-electron chi connectivity index (χ3n) is 5.09. The van der Waals surface area contributed by atoms with Gasteiger partial charge in [-0.15, -0.1) is 0 Å². The predicted molar refractivity (Wildman–Crippen MR) is 116 cm³/mol. The predicted octanol–water partition coefficient (Wildman–Crippen LogP) is 2.79. The summed E-state index contributed by atoms with van der Waals surface area (Å²) < 4.78 is 2.31. The fourth-order valence-electron chi connectivity index (χ4n) is 3.33. The number of rotatable bonds is 10. The first-order valence-electron chi connectivity index (χ1n) is 10.0. The Bertz CT molecular complexity index is 738. The second-order valence-electron chi connectivity index (χ2n) is 7.26. The van der Waals surface area contributed by atoms with E-state index in [1.807, 2.05) is 31.3 Å². The molecule has 0 radical (unpaired) electrons. The standard InChI is InChI=1S/C21H29N5O2S/c1-18-8-9-21(23-15-18)24-11-13-25(14-12-24)29-16-20(26(28)17-27)7-4-6-19-5-2-3-10-22-19/h2-3,5,8-10,15,17,20,28H,4,6-7,11-14,16H2,1H3. The molecule has 1 fully saturated rings. The molecular weight excluding hydrogens is 386 g/mol. The molecule has 0 spiro atoms. The largest absolute Gasteiger partial charge is 0.354 e. The first-order chi connectivity index (χ1) is 14.2. The van der Waals surface area contributed by atoms with Gasteiger partial charge < -0.3 is 4.90 Å². The van der Waals surface area contributed by atoms with Gasteiger partial charge in [0.2, 0.25) is 6.41 Å². The summed E-state index contributed by atoms with van der Waals surface area (Å²) in [6.45, 7) is 5.73. The first kappa shape index (κ1) is 21.5. The van der Waals surface area contributed by atoms with Crippen molar-refractivity contribution >= 4 is 24.2 Å². The molecule has 3 heterocycles. The second-order valence-corrected chi connectivity index (χ2v) is 8.37. The molecule has 29 heavy (non-hydrogen) atoms. The van der Waals surface area contributed by atoms with Crippen molar-refractivity contribution in [2.45, 2.75) is 32.2 Å². The highest BCUT2D eigenvalue weighted by Crippen LogP contribution is 2.21. The van der Waals surface area contributed by atoms with Gasteiger partial charge in [0, 0.05) is 50.0 Å². The number of hydrogen-bond acceptors (Lipinski definition) is 7. The Hall–Kier alpha value is -2.16. The zero-order chi connectivity index (χ0) is 20.5. The molecule has 1 amide bonds. The van der Waals surface area contributed by atoms with Crippen LogP contribution in [-0.2, 0) is 11.2 Å². The van der Waals surface area contributed by atoms with Gasteiger partial charge in [-0.25, -0.2) is 14.4 Å². The summed E-state index contributed by atoms with van der Waals surface area (Å²) in [5.41, 5.74) is 2.20. The number of aromatic nitrogens is 2. The molecule has 2 aromatic heterocycles. The number of carbonyl (C=O) groups excluding carboxylic acids is 1. The summed E-state index contributed by atoms with van der Waals surface area (Å²) in [4.78, 5) is 22.2. The maximum atomic E-state index is 11.1. The molecule has 156 valence electrons. The Morgan fingerprint density at radius 3 is 2.69 bits per heavy atom. The molecule has 3 rings (SSSR count). The van der Waals surface area contributed by atoms with Crippen LogP contribution in [0.15, 0.2) is 42.7 Å². The molecular formula is C21H29N5O2S. The molecule has 0 aliphatic carbocycles. The van der Waals surface area contributed by atoms with Gasteiger partial charge >= 0.3 is 0 Å². The average molecular weight is 416 g/mol. The normalized spacial score (nSPS) is 15.9. The van der Waals surface area contributed by atoms with Gasteiger partial charge in [-0.1, -0.05) is 24.1 Å². The van der Waals surface area contributed by atoms with Crippen molar-refractivity contribution in [3.8, 4) is 0 Å². The topological polar surface area (TPSA) is 72.8 Å². The van der Waals surface area contributed by atoms with Crippen molar-refractivity contribution in [2.75, 3.05) is 36.8 Å². The van der Waals surface area contributed by atoms with Crippen molar-refractivity contribution in [1.82, 2.24) is 19.3 Å². The minimum atomic E-state index is -0.196. The highest BCUT2D eigenvalue weighted by atomic mass is 32.2. The van der Waals surface area contributed by atoms with Crippen LogP contribution >= 0.6 is 11.9 Å². The Kier molecular flexibility index (Phi) is 8.27. The van der Waals surface area contributed by atoms with Gasteiger partial charge in [0.1, 0.15) is 5.82 Å². The lowest BCUT2D eigenvalue weighted by atomic mass is 10.1. The fourth-order valence-corrected chi connectivity index (χ4v) is 4.45. The van der Waals surface area contributed by atoms with E-state index < -0.39 is 0 Å². The molecule has 1 aliphatic rings. The summed E-state index contributed by atoms with van der Waals surface area (Å²) in [7, 11) is 0. The third kappa shape index (κ3) is 6.69. The molecule has 1 atom stereocenters. The number of anilines is 1. The van der Waals surface area contributed by atoms with Gasteiger partial charge in [0.25, 0.3) is 0 Å². The molecule has 1 unspecified atom stereocenters. The van der Waals surface area contributed by atoms with Crippen LogP contribution < -0.4 is 4.90 Å². The van der Waals surface area contributed by atoms with Crippen LogP contribution in [0.25, 0.3) is 0 Å². The summed E-state index contributed by atoms with van der Waals surface area (Å²) in [6.07, 6.45) is 6.66. The van der Waals surface area contributed by atoms with Crippen LogP contribution in [0.2, 0.25) is 0 Å². The molecule has 1 N–H and O–H groups in total. The molecule has 2 aromatic rings. The van der Waals surface area contributed by atoms with E-state index in [9.17, 15) is 10.0 Å². The maximum Gasteiger partial charge on any atom is 0.233 e. The van der Waals surface area contributed by atoms with Crippen LogP contribution in [0.5, 0.6) is 0 Å². The molecule has 7 nitrogen and oxygen atoms in total. The van der Waals surface area contributed by atoms with Crippen molar-refractivity contribution in [3.05, 3.63) is 54.0 Å². The van der Waals surface area contributed by atoms with E-state index in [1.54, 1.807) is 18.1 Å². The van der Waals surface area contributed by atoms with E-state index in [4.69, 9.17) is 0 Å². The van der Waals surface area contributed by atoms with Crippen molar-refractivity contribution in [3.63, 3.8) is 0 Å². The Labute approximate surface area is 176 Å². The number of amides is 1. The fraction of sp³-hybridized carbons (Fsp3) is 0.476. The number of nitrogens with zero attached hydrogens (tertiary/aromatic N) is 5. The molecule has 0 aromatic carbocycles. The average Bonchev–Trinajstić information content (AvgIpc) is 2.77. The van der Waals surface area contributed by atoms with E-state index in [-0.39, 0.29) is 6.04 Å². The van der Waals surface area contributed by atoms with Gasteiger partial charge in [-0.2, -0.15) is 0 Å². The van der Waals surface area contributed by atoms with Crippen LogP contribution in [0.1, 0.15) is 24.1 Å². The van der Waals surface area contributed by atoms with Crippen molar-refractivity contribution in [1.29, 1.82) is 0 Å². The Morgan fingerprint density at radius 1 is 1.21 bits per heavy atom. The summed E-state index contributed by atoms with van der Waals surface area (Å²) >= 11 is 1.71. The molecule has 1 aliphatic heterocycles. The molecule has 0 bridgehead atoms. The molecule has 0 saturated carbocycles. The highest BCUT2D eigenvalue weighted by Gasteiger charge is 2.21. The van der Waals surface area contributed by atoms with Crippen LogP contribution in [0.4, 0.5) is 5.82 Å². The van der Waals surface area contributed by atoms with Crippen LogP contribution in [0.3, 0.4) is 0 Å². The lowest BCUT2D eigenvalue weighted by Gasteiger charge is -2.35. The van der Waals surface area contributed by atoms with E-state index >= 15 is 0 Å². The zero-order valence-corrected chi connectivity index (χ0v) is 17.7. The number of pyridine rings is 2. The van der Waals surface area contributed by atoms with Crippen molar-refractivity contribution in [2.24, 2.45) is 0 Å². The van der Waals surface area contributed by atoms with E-state index in [0.717, 1.165) is 62.0 Å². The van der Waals surface area contributed by atoms with E-state index in [1.165, 1.54) is 5.56 Å². The van der Waals surface area contributed by atoms with Gasteiger partial charge in [-0.05, 0) is 49.9 Å². The van der Waals surface area contributed by atoms with E-state index in [0.29, 0.717) is 12.2 Å². The maximum absolute atomic E-state index is 11.1. The summed E-state index contributed by atoms with van der Waals surface area (Å²) in [6, 6.07) is 9.85. The molecule has 1 saturated heterocycles. The lowest BCUT2D eigenvalue weighted by Crippen LogP contribution is -2.44. The monoisotopic (exact) mass is 415 g/mol. The highest BCUT2D eigenvalue weighted by molar-refractivity contribution is 7.97. The lowest BCUT2D eigenvalue weighted by molar-refractivity contribution is -0.158. The van der Waals surface area contributed by atoms with Gasteiger partial charge in [0.15, 0.2) is 0 Å². The minimum Gasteiger partial charge on any atom is -0.354 e. The van der Waals surface area contributed by atoms with Crippen LogP contribution in [-0.4, -0.2) is 68.9 Å². The SMILES string of the molecule is Cc1ccc(N2CCN(SCC(CCCc3ccccn3)N(O)C=O)CC2)nc1. The number of hydroxylamine groups is 2. The van der Waals surface area contributed by atoms with Crippen LogP contribution in [0, 0.1) is 6.92 Å². The first-order valence-corrected chi connectivity index (χ1v) is 11.0. The summed E-state index contributed by atoms with van der Waals surface area (Å²) in [5, 5.41) is 10.8. The third-order valence-corrected chi connectivity index (χ3v) is 6.35. The summed E-state index contributed by atoms with van der Waals surface area (Å²) in [5.74, 6) is 1.70. The van der Waals surface area contributed by atoms with Gasteiger partial charge in [-0.3, -0.25) is 15.0 Å². The molecule has 8 heteroatoms. The number of aryl methyl sites for hydroxylation is 2. The smallest absolute Gasteiger partial charge is 0.233 e. The Balaban J connectivity index is 1.42. The van der Waals surface area contributed by atoms with Gasteiger partial charge in [0.05, 0.1) is 6.04 Å². The zero-order valence-electron chi connectivity index (χ0n) is 16.9.